The molecule has 9 heteroatoms. The summed E-state index contributed by atoms with van der Waals surface area (Å²) in [6.07, 6.45) is -2.89. The molecule has 2 aliphatic rings. The van der Waals surface area contributed by atoms with E-state index < -0.39 is 32.0 Å². The summed E-state index contributed by atoms with van der Waals surface area (Å²) in [5.74, 6) is 0. The van der Waals surface area contributed by atoms with Gasteiger partial charge < -0.3 is 0 Å². The van der Waals surface area contributed by atoms with Crippen molar-refractivity contribution in [2.24, 2.45) is 0 Å². The van der Waals surface area contributed by atoms with E-state index in [1.54, 1.807) is 13.6 Å². The summed E-state index contributed by atoms with van der Waals surface area (Å²) in [7, 11) is -2.70. The first-order valence-corrected chi connectivity index (χ1v) is 5.21. The Bertz CT molecular complexity index is 290. The minimum absolute atomic E-state index is 0.215. The molecule has 4 atom stereocenters. The summed E-state index contributed by atoms with van der Waals surface area (Å²) in [5, 5.41) is 18.1. The standard InChI is InChI=1S/C5H7B2O6P/c8-3-2(1-12-14(10)11)13-5(4(3)9)6-7-5/h2-4,8-9H,1H2/p+1. The Morgan fingerprint density at radius 1 is 1.50 bits per heavy atom. The predicted octanol–water partition coefficient (Wildman–Crippen LogP) is -2.24. The number of ether oxygens (including phenoxy) is 1. The summed E-state index contributed by atoms with van der Waals surface area (Å²) < 4.78 is 19.9. The first kappa shape index (κ1) is 10.5. The number of aliphatic hydroxyl groups is 2. The van der Waals surface area contributed by atoms with E-state index in [0.29, 0.717) is 0 Å². The predicted molar refractivity (Wildman–Crippen MR) is 46.9 cm³/mol. The molecular weight excluding hydrogens is 209 g/mol. The zero-order chi connectivity index (χ0) is 10.3. The zero-order valence-corrected chi connectivity index (χ0v) is 8.00. The van der Waals surface area contributed by atoms with Crippen LogP contribution >= 0.6 is 8.25 Å². The van der Waals surface area contributed by atoms with Crippen LogP contribution in [0.5, 0.6) is 0 Å². The Hall–Kier alpha value is 0.0299. The molecule has 0 amide bonds. The van der Waals surface area contributed by atoms with Gasteiger partial charge >= 0.3 is 81.1 Å². The third kappa shape index (κ3) is 1.74. The molecule has 0 radical (unpaired) electrons. The summed E-state index contributed by atoms with van der Waals surface area (Å²) in [6.45, 7) is 3.03. The van der Waals surface area contributed by atoms with E-state index in [1.165, 1.54) is 0 Å². The van der Waals surface area contributed by atoms with Gasteiger partial charge in [-0.25, -0.2) is 0 Å². The molecule has 0 aliphatic carbocycles. The van der Waals surface area contributed by atoms with Gasteiger partial charge in [0, 0.05) is 0 Å². The first-order valence-electron chi connectivity index (χ1n) is 4.08. The van der Waals surface area contributed by atoms with Crippen molar-refractivity contribution in [2.45, 2.75) is 23.7 Å². The zero-order valence-electron chi connectivity index (χ0n) is 7.11. The molecule has 1 saturated heterocycles. The van der Waals surface area contributed by atoms with Crippen molar-refractivity contribution < 1.29 is 28.9 Å². The van der Waals surface area contributed by atoms with E-state index in [9.17, 15) is 14.8 Å². The molecule has 4 unspecified atom stereocenters. The summed E-state index contributed by atoms with van der Waals surface area (Å²) in [4.78, 5) is 8.38. The van der Waals surface area contributed by atoms with Crippen LogP contribution in [0, 0.1) is 0 Å². The SMILES string of the molecule is O=[P+](O)OCC1OC2(B=B2)C(O)C1O. The van der Waals surface area contributed by atoms with Crippen LogP contribution in [0.2, 0.25) is 0 Å². The van der Waals surface area contributed by atoms with E-state index in [1.807, 2.05) is 0 Å². The van der Waals surface area contributed by atoms with Crippen molar-refractivity contribution in [1.29, 1.82) is 0 Å². The van der Waals surface area contributed by atoms with Crippen molar-refractivity contribution in [3.63, 3.8) is 0 Å². The summed E-state index contributed by atoms with van der Waals surface area (Å²) in [6, 6.07) is 0. The van der Waals surface area contributed by atoms with Crippen LogP contribution in [0.3, 0.4) is 0 Å². The second kappa shape index (κ2) is 3.56. The van der Waals surface area contributed by atoms with Crippen LogP contribution in [0.1, 0.15) is 0 Å². The van der Waals surface area contributed by atoms with Gasteiger partial charge in [-0.05, 0) is 0 Å². The van der Waals surface area contributed by atoms with Crippen LogP contribution in [0.15, 0.2) is 0 Å². The van der Waals surface area contributed by atoms with Gasteiger partial charge in [0.2, 0.25) is 0 Å². The molecule has 0 aromatic rings. The van der Waals surface area contributed by atoms with E-state index in [-0.39, 0.29) is 6.61 Å². The van der Waals surface area contributed by atoms with E-state index in [4.69, 9.17) is 9.63 Å². The Balaban J connectivity index is 1.92. The van der Waals surface area contributed by atoms with E-state index in [0.717, 1.165) is 0 Å². The monoisotopic (exact) mass is 217 g/mol. The fourth-order valence-corrected chi connectivity index (χ4v) is 1.77. The molecule has 14 heavy (non-hydrogen) atoms. The molecule has 2 heterocycles. The Morgan fingerprint density at radius 3 is 2.57 bits per heavy atom. The molecular formula is C5H8B2O6P+. The summed E-state index contributed by atoms with van der Waals surface area (Å²) >= 11 is 0. The van der Waals surface area contributed by atoms with Crippen LogP contribution < -0.4 is 0 Å². The van der Waals surface area contributed by atoms with Crippen LogP contribution in [0.25, 0.3) is 0 Å². The molecule has 1 spiro atoms. The minimum atomic E-state index is -2.70. The Labute approximate surface area is 81.9 Å². The normalized spacial score (nSPS) is 37.9. The van der Waals surface area contributed by atoms with Gasteiger partial charge in [-0.1, -0.05) is 0 Å². The average Bonchev–Trinajstić information content (AvgIpc) is 2.86. The topological polar surface area (TPSA) is 96.2 Å². The second-order valence-electron chi connectivity index (χ2n) is 3.31. The maximum atomic E-state index is 10.2. The van der Waals surface area contributed by atoms with Crippen molar-refractivity contribution in [1.82, 2.24) is 0 Å². The fourth-order valence-electron chi connectivity index (χ4n) is 1.50. The van der Waals surface area contributed by atoms with Crippen LogP contribution in [0.4, 0.5) is 0 Å². The molecule has 2 rings (SSSR count). The molecule has 74 valence electrons. The van der Waals surface area contributed by atoms with Gasteiger partial charge in [0.25, 0.3) is 0 Å². The summed E-state index contributed by atoms with van der Waals surface area (Å²) in [5.41, 5.74) is 0. The third-order valence-corrected chi connectivity index (χ3v) is 2.74. The Morgan fingerprint density at radius 2 is 2.14 bits per heavy atom. The fraction of sp³-hybridized carbons (Fsp3) is 1.00. The molecule has 6 nitrogen and oxygen atoms in total. The van der Waals surface area contributed by atoms with Crippen molar-refractivity contribution in [2.75, 3.05) is 6.61 Å². The number of hydrogen-bond acceptors (Lipinski definition) is 5. The van der Waals surface area contributed by atoms with Gasteiger partial charge in [-0.15, -0.1) is 0 Å². The van der Waals surface area contributed by atoms with Crippen molar-refractivity contribution in [3.05, 3.63) is 0 Å². The quantitative estimate of drug-likeness (QED) is 0.365. The van der Waals surface area contributed by atoms with E-state index >= 15 is 0 Å². The number of rotatable bonds is 3. The molecule has 0 aromatic carbocycles. The van der Waals surface area contributed by atoms with Gasteiger partial charge in [-0.3, -0.25) is 0 Å². The number of hydrogen-bond donors (Lipinski definition) is 3. The number of aliphatic hydroxyl groups excluding tert-OH is 2. The molecule has 0 saturated carbocycles. The molecule has 0 aromatic heterocycles. The van der Waals surface area contributed by atoms with Gasteiger partial charge in [0.15, 0.2) is 0 Å². The first-order chi connectivity index (χ1) is 6.55. The second-order valence-corrected chi connectivity index (χ2v) is 4.05. The van der Waals surface area contributed by atoms with Gasteiger partial charge in [0.1, 0.15) is 0 Å². The van der Waals surface area contributed by atoms with Crippen molar-refractivity contribution >= 4 is 21.9 Å². The molecule has 3 N–H and O–H groups in total. The average molecular weight is 217 g/mol. The van der Waals surface area contributed by atoms with Gasteiger partial charge in [0.05, 0.1) is 0 Å². The van der Waals surface area contributed by atoms with Crippen LogP contribution in [-0.2, 0) is 13.8 Å². The molecule has 2 aliphatic heterocycles. The van der Waals surface area contributed by atoms with Gasteiger partial charge in [-0.2, -0.15) is 0 Å². The Kier molecular flexibility index (Phi) is 2.68. The molecule has 0 bridgehead atoms. The molecule has 1 fully saturated rings. The van der Waals surface area contributed by atoms with E-state index in [2.05, 4.69) is 4.52 Å². The van der Waals surface area contributed by atoms with Crippen molar-refractivity contribution in [3.8, 4) is 0 Å². The third-order valence-electron chi connectivity index (χ3n) is 2.37. The van der Waals surface area contributed by atoms with Crippen LogP contribution in [-0.4, -0.2) is 59.0 Å². The maximum absolute atomic E-state index is 10.2.